The zero-order chi connectivity index (χ0) is 13.8. The molecule has 0 aliphatic rings. The molecule has 100 valence electrons. The standard InChI is InChI=1S/C14H14ClNO2S/c1-2-16(9-11-4-3-7-19-11)14(18)10-5-6-13(17)12(15)8-10/h3-8,17H,2,9H2,1H3. The number of benzene rings is 1. The van der Waals surface area contributed by atoms with Gasteiger partial charge in [-0.15, -0.1) is 11.3 Å². The Kier molecular flexibility index (Phi) is 4.45. The Hall–Kier alpha value is -1.52. The lowest BCUT2D eigenvalue weighted by molar-refractivity contribution is 0.0754. The summed E-state index contributed by atoms with van der Waals surface area (Å²) in [5, 5.41) is 11.6. The number of halogens is 1. The van der Waals surface area contributed by atoms with Gasteiger partial charge in [-0.05, 0) is 36.6 Å². The van der Waals surface area contributed by atoms with Crippen LogP contribution in [0.1, 0.15) is 22.2 Å². The van der Waals surface area contributed by atoms with E-state index in [1.165, 1.54) is 12.1 Å². The average Bonchev–Trinajstić information content (AvgIpc) is 2.91. The molecule has 19 heavy (non-hydrogen) atoms. The smallest absolute Gasteiger partial charge is 0.254 e. The molecule has 0 bridgehead atoms. The first kappa shape index (κ1) is 13.9. The van der Waals surface area contributed by atoms with Crippen LogP contribution in [-0.2, 0) is 6.54 Å². The van der Waals surface area contributed by atoms with Crippen LogP contribution in [0.15, 0.2) is 35.7 Å². The summed E-state index contributed by atoms with van der Waals surface area (Å²) in [7, 11) is 0. The lowest BCUT2D eigenvalue weighted by Gasteiger charge is -2.20. The highest BCUT2D eigenvalue weighted by atomic mass is 35.5. The van der Waals surface area contributed by atoms with Crippen molar-refractivity contribution in [3.8, 4) is 5.75 Å². The fraction of sp³-hybridized carbons (Fsp3) is 0.214. The third-order valence-corrected chi connectivity index (χ3v) is 3.95. The van der Waals surface area contributed by atoms with Gasteiger partial charge in [0.1, 0.15) is 5.75 Å². The van der Waals surface area contributed by atoms with E-state index < -0.39 is 0 Å². The average molecular weight is 296 g/mol. The fourth-order valence-electron chi connectivity index (χ4n) is 1.74. The molecule has 1 aromatic heterocycles. The van der Waals surface area contributed by atoms with E-state index in [1.807, 2.05) is 24.4 Å². The van der Waals surface area contributed by atoms with Crippen molar-refractivity contribution in [2.45, 2.75) is 13.5 Å². The van der Waals surface area contributed by atoms with Crippen LogP contribution < -0.4 is 0 Å². The molecule has 0 aliphatic heterocycles. The van der Waals surface area contributed by atoms with Gasteiger partial charge in [0.15, 0.2) is 0 Å². The fourth-order valence-corrected chi connectivity index (χ4v) is 2.64. The van der Waals surface area contributed by atoms with Gasteiger partial charge in [-0.2, -0.15) is 0 Å². The predicted molar refractivity (Wildman–Crippen MR) is 77.9 cm³/mol. The Bertz CT molecular complexity index is 569. The second-order valence-corrected chi connectivity index (χ2v) is 5.50. The molecule has 0 atom stereocenters. The highest BCUT2D eigenvalue weighted by Gasteiger charge is 2.16. The van der Waals surface area contributed by atoms with E-state index in [4.69, 9.17) is 11.6 Å². The number of phenolic OH excluding ortho intramolecular Hbond substituents is 1. The van der Waals surface area contributed by atoms with Crippen molar-refractivity contribution in [1.82, 2.24) is 4.90 Å². The second kappa shape index (κ2) is 6.08. The molecule has 0 saturated carbocycles. The molecule has 0 aliphatic carbocycles. The summed E-state index contributed by atoms with van der Waals surface area (Å²) in [5.41, 5.74) is 0.487. The van der Waals surface area contributed by atoms with Gasteiger partial charge >= 0.3 is 0 Å². The van der Waals surface area contributed by atoms with Crippen LogP contribution in [0.2, 0.25) is 5.02 Å². The van der Waals surface area contributed by atoms with Gasteiger partial charge in [0.05, 0.1) is 11.6 Å². The van der Waals surface area contributed by atoms with E-state index in [-0.39, 0.29) is 16.7 Å². The Morgan fingerprint density at radius 1 is 1.42 bits per heavy atom. The van der Waals surface area contributed by atoms with E-state index in [1.54, 1.807) is 22.3 Å². The van der Waals surface area contributed by atoms with Gasteiger partial charge in [-0.3, -0.25) is 4.79 Å². The molecule has 0 unspecified atom stereocenters. The van der Waals surface area contributed by atoms with E-state index in [0.29, 0.717) is 18.7 Å². The molecule has 1 N–H and O–H groups in total. The molecule has 0 saturated heterocycles. The van der Waals surface area contributed by atoms with Crippen molar-refractivity contribution in [3.05, 3.63) is 51.2 Å². The van der Waals surface area contributed by atoms with Gasteiger partial charge < -0.3 is 10.0 Å². The van der Waals surface area contributed by atoms with Crippen LogP contribution >= 0.6 is 22.9 Å². The summed E-state index contributed by atoms with van der Waals surface area (Å²) < 4.78 is 0. The zero-order valence-electron chi connectivity index (χ0n) is 10.5. The number of hydrogen-bond donors (Lipinski definition) is 1. The molecule has 0 radical (unpaired) electrons. The zero-order valence-corrected chi connectivity index (χ0v) is 12.0. The van der Waals surface area contributed by atoms with Gasteiger partial charge in [0.25, 0.3) is 5.91 Å². The predicted octanol–water partition coefficient (Wildman–Crippen LogP) is 3.77. The lowest BCUT2D eigenvalue weighted by Crippen LogP contribution is -2.29. The highest BCUT2D eigenvalue weighted by Crippen LogP contribution is 2.24. The van der Waals surface area contributed by atoms with E-state index in [2.05, 4.69) is 0 Å². The highest BCUT2D eigenvalue weighted by molar-refractivity contribution is 7.09. The number of thiophene rings is 1. The number of amides is 1. The van der Waals surface area contributed by atoms with Crippen molar-refractivity contribution in [1.29, 1.82) is 0 Å². The number of rotatable bonds is 4. The van der Waals surface area contributed by atoms with Gasteiger partial charge in [0.2, 0.25) is 0 Å². The first-order valence-electron chi connectivity index (χ1n) is 5.92. The topological polar surface area (TPSA) is 40.5 Å². The Morgan fingerprint density at radius 3 is 2.79 bits per heavy atom. The van der Waals surface area contributed by atoms with Crippen LogP contribution in [0.3, 0.4) is 0 Å². The molecular formula is C14H14ClNO2S. The summed E-state index contributed by atoms with van der Waals surface area (Å²) >= 11 is 7.45. The van der Waals surface area contributed by atoms with Gasteiger partial charge in [-0.1, -0.05) is 17.7 Å². The Morgan fingerprint density at radius 2 is 2.21 bits per heavy atom. The van der Waals surface area contributed by atoms with Crippen molar-refractivity contribution >= 4 is 28.8 Å². The van der Waals surface area contributed by atoms with Crippen molar-refractivity contribution in [2.75, 3.05) is 6.54 Å². The van der Waals surface area contributed by atoms with Crippen LogP contribution in [-0.4, -0.2) is 22.5 Å². The number of aromatic hydroxyl groups is 1. The molecule has 0 fully saturated rings. The summed E-state index contributed by atoms with van der Waals surface area (Å²) in [5.74, 6) is -0.0997. The first-order chi connectivity index (χ1) is 9.11. The SMILES string of the molecule is CCN(Cc1cccs1)C(=O)c1ccc(O)c(Cl)c1. The monoisotopic (exact) mass is 295 g/mol. The van der Waals surface area contributed by atoms with Crippen molar-refractivity contribution in [3.63, 3.8) is 0 Å². The minimum absolute atomic E-state index is 0.0143. The van der Waals surface area contributed by atoms with E-state index in [9.17, 15) is 9.90 Å². The van der Waals surface area contributed by atoms with Crippen molar-refractivity contribution < 1.29 is 9.90 Å². The molecular weight excluding hydrogens is 282 g/mol. The quantitative estimate of drug-likeness (QED) is 0.933. The summed E-state index contributed by atoms with van der Waals surface area (Å²) in [6.45, 7) is 3.15. The van der Waals surface area contributed by atoms with E-state index in [0.717, 1.165) is 4.88 Å². The van der Waals surface area contributed by atoms with E-state index >= 15 is 0 Å². The molecule has 2 aromatic rings. The number of nitrogens with zero attached hydrogens (tertiary/aromatic N) is 1. The number of hydrogen-bond acceptors (Lipinski definition) is 3. The third-order valence-electron chi connectivity index (χ3n) is 2.79. The van der Waals surface area contributed by atoms with Crippen LogP contribution in [0, 0.1) is 0 Å². The maximum absolute atomic E-state index is 12.4. The second-order valence-electron chi connectivity index (χ2n) is 4.06. The first-order valence-corrected chi connectivity index (χ1v) is 7.17. The largest absolute Gasteiger partial charge is 0.506 e. The van der Waals surface area contributed by atoms with Crippen LogP contribution in [0.4, 0.5) is 0 Å². The molecule has 0 spiro atoms. The van der Waals surface area contributed by atoms with Gasteiger partial charge in [0, 0.05) is 17.0 Å². The molecule has 2 rings (SSSR count). The molecule has 1 heterocycles. The lowest BCUT2D eigenvalue weighted by atomic mass is 10.2. The minimum atomic E-state index is -0.0854. The van der Waals surface area contributed by atoms with Crippen LogP contribution in [0.25, 0.3) is 0 Å². The normalized spacial score (nSPS) is 10.4. The Balaban J connectivity index is 2.18. The Labute approximate surface area is 121 Å². The number of carbonyl (C=O) groups excluding carboxylic acids is 1. The maximum Gasteiger partial charge on any atom is 0.254 e. The molecule has 3 nitrogen and oxygen atoms in total. The third kappa shape index (κ3) is 3.28. The number of phenols is 1. The number of carbonyl (C=O) groups is 1. The minimum Gasteiger partial charge on any atom is -0.506 e. The summed E-state index contributed by atoms with van der Waals surface area (Å²) in [6.07, 6.45) is 0. The van der Waals surface area contributed by atoms with Crippen molar-refractivity contribution in [2.24, 2.45) is 0 Å². The maximum atomic E-state index is 12.4. The molecule has 5 heteroatoms. The molecule has 1 aromatic carbocycles. The van der Waals surface area contributed by atoms with Crippen LogP contribution in [0.5, 0.6) is 5.75 Å². The molecule has 1 amide bonds. The summed E-state index contributed by atoms with van der Waals surface area (Å²) in [4.78, 5) is 15.2. The summed E-state index contributed by atoms with van der Waals surface area (Å²) in [6, 6.07) is 8.49. The van der Waals surface area contributed by atoms with Gasteiger partial charge in [-0.25, -0.2) is 0 Å².